The van der Waals surface area contributed by atoms with E-state index in [9.17, 15) is 4.79 Å². The zero-order chi connectivity index (χ0) is 13.7. The molecule has 2 rings (SSSR count). The minimum absolute atomic E-state index is 0.728. The van der Waals surface area contributed by atoms with Crippen LogP contribution in [0.15, 0.2) is 30.3 Å². The Bertz CT molecular complexity index is 444. The quantitative estimate of drug-likeness (QED) is 0.826. The molecule has 1 fully saturated rings. The zero-order valence-electron chi connectivity index (χ0n) is 11.4. The summed E-state index contributed by atoms with van der Waals surface area (Å²) in [5.74, 6) is -0.912. The second-order valence-corrected chi connectivity index (χ2v) is 5.27. The van der Waals surface area contributed by atoms with Crippen LogP contribution in [0.1, 0.15) is 36.8 Å². The maximum absolute atomic E-state index is 10.4. The van der Waals surface area contributed by atoms with Crippen molar-refractivity contribution in [2.75, 3.05) is 7.05 Å². The van der Waals surface area contributed by atoms with E-state index in [0.717, 1.165) is 18.2 Å². The van der Waals surface area contributed by atoms with Gasteiger partial charge in [-0.1, -0.05) is 37.1 Å². The highest BCUT2D eigenvalue weighted by atomic mass is 16.4. The van der Waals surface area contributed by atoms with Crippen molar-refractivity contribution in [3.8, 4) is 0 Å². The van der Waals surface area contributed by atoms with Crippen LogP contribution in [-0.2, 0) is 11.3 Å². The van der Waals surface area contributed by atoms with Gasteiger partial charge < -0.3 is 5.11 Å². The Hall–Kier alpha value is -1.61. The molecule has 0 aliphatic heterocycles. The summed E-state index contributed by atoms with van der Waals surface area (Å²) in [4.78, 5) is 12.9. The predicted molar refractivity (Wildman–Crippen MR) is 76.8 cm³/mol. The lowest BCUT2D eigenvalue weighted by molar-refractivity contribution is -0.131. The van der Waals surface area contributed by atoms with Gasteiger partial charge in [0.05, 0.1) is 0 Å². The van der Waals surface area contributed by atoms with Crippen LogP contribution in [0.4, 0.5) is 0 Å². The highest BCUT2D eigenvalue weighted by Gasteiger charge is 2.19. The van der Waals surface area contributed by atoms with Gasteiger partial charge in [-0.25, -0.2) is 4.79 Å². The van der Waals surface area contributed by atoms with E-state index in [1.807, 2.05) is 12.1 Å². The van der Waals surface area contributed by atoms with Crippen molar-refractivity contribution in [2.45, 2.75) is 38.3 Å². The molecule has 0 spiro atoms. The van der Waals surface area contributed by atoms with Gasteiger partial charge in [0.2, 0.25) is 0 Å². The van der Waals surface area contributed by atoms with Gasteiger partial charge in [0.25, 0.3) is 0 Å². The van der Waals surface area contributed by atoms with E-state index in [2.05, 4.69) is 24.1 Å². The lowest BCUT2D eigenvalue weighted by Gasteiger charge is -2.24. The molecule has 0 unspecified atom stereocenters. The summed E-state index contributed by atoms with van der Waals surface area (Å²) in [6.45, 7) is 0.966. The Morgan fingerprint density at radius 1 is 1.32 bits per heavy atom. The number of carboxylic acid groups (broad SMARTS) is 1. The van der Waals surface area contributed by atoms with Crippen LogP contribution in [0.2, 0.25) is 0 Å². The minimum atomic E-state index is -0.912. The molecule has 0 amide bonds. The van der Waals surface area contributed by atoms with Crippen LogP contribution in [0.5, 0.6) is 0 Å². The van der Waals surface area contributed by atoms with Gasteiger partial charge in [0.15, 0.2) is 0 Å². The van der Waals surface area contributed by atoms with Gasteiger partial charge in [-0.15, -0.1) is 0 Å². The number of rotatable bonds is 5. The second-order valence-electron chi connectivity index (χ2n) is 5.27. The van der Waals surface area contributed by atoms with E-state index in [4.69, 9.17) is 5.11 Å². The summed E-state index contributed by atoms with van der Waals surface area (Å²) in [6, 6.07) is 8.82. The number of hydrogen-bond acceptors (Lipinski definition) is 2. The van der Waals surface area contributed by atoms with E-state index in [0.29, 0.717) is 0 Å². The Labute approximate surface area is 114 Å². The molecule has 0 radical (unpaired) electrons. The fourth-order valence-corrected chi connectivity index (χ4v) is 2.66. The summed E-state index contributed by atoms with van der Waals surface area (Å²) in [5.41, 5.74) is 2.21. The topological polar surface area (TPSA) is 40.5 Å². The minimum Gasteiger partial charge on any atom is -0.478 e. The Balaban J connectivity index is 1.92. The summed E-state index contributed by atoms with van der Waals surface area (Å²) < 4.78 is 0. The molecular formula is C16H21NO2. The number of hydrogen-bond donors (Lipinski definition) is 1. The van der Waals surface area contributed by atoms with Crippen molar-refractivity contribution >= 4 is 12.0 Å². The van der Waals surface area contributed by atoms with E-state index in [1.165, 1.54) is 37.3 Å². The standard InChI is InChI=1S/C16H21NO2/c1-17(15-4-2-3-5-15)12-14-8-6-13(7-9-14)10-11-16(18)19/h6-11,15H,2-5,12H2,1H3,(H,18,19)/b11-10+. The molecule has 1 aromatic rings. The van der Waals surface area contributed by atoms with Gasteiger partial charge in [-0.2, -0.15) is 0 Å². The third-order valence-electron chi connectivity index (χ3n) is 3.78. The van der Waals surface area contributed by atoms with Gasteiger partial charge >= 0.3 is 5.97 Å². The van der Waals surface area contributed by atoms with Crippen molar-refractivity contribution in [1.82, 2.24) is 4.90 Å². The van der Waals surface area contributed by atoms with Crippen LogP contribution in [0.25, 0.3) is 6.08 Å². The van der Waals surface area contributed by atoms with Crippen LogP contribution >= 0.6 is 0 Å². The smallest absolute Gasteiger partial charge is 0.328 e. The molecule has 19 heavy (non-hydrogen) atoms. The molecule has 0 aromatic heterocycles. The lowest BCUT2D eigenvalue weighted by atomic mass is 10.1. The van der Waals surface area contributed by atoms with Crippen molar-refractivity contribution in [3.05, 3.63) is 41.5 Å². The molecule has 1 N–H and O–H groups in total. The fraction of sp³-hybridized carbons (Fsp3) is 0.438. The molecule has 102 valence electrons. The van der Waals surface area contributed by atoms with Crippen molar-refractivity contribution in [3.63, 3.8) is 0 Å². The number of nitrogens with zero attached hydrogens (tertiary/aromatic N) is 1. The molecule has 1 saturated carbocycles. The Kier molecular flexibility index (Phi) is 4.74. The number of carboxylic acids is 1. The molecule has 1 aliphatic carbocycles. The van der Waals surface area contributed by atoms with E-state index in [-0.39, 0.29) is 0 Å². The number of aliphatic carboxylic acids is 1. The van der Waals surface area contributed by atoms with Gasteiger partial charge in [0, 0.05) is 18.7 Å². The third kappa shape index (κ3) is 4.21. The Morgan fingerprint density at radius 3 is 2.53 bits per heavy atom. The molecular weight excluding hydrogens is 238 g/mol. The van der Waals surface area contributed by atoms with Crippen LogP contribution in [-0.4, -0.2) is 29.1 Å². The van der Waals surface area contributed by atoms with Crippen molar-refractivity contribution in [2.24, 2.45) is 0 Å². The maximum Gasteiger partial charge on any atom is 0.328 e. The maximum atomic E-state index is 10.4. The first-order valence-electron chi connectivity index (χ1n) is 6.85. The van der Waals surface area contributed by atoms with E-state index in [1.54, 1.807) is 6.08 Å². The van der Waals surface area contributed by atoms with Gasteiger partial charge in [-0.3, -0.25) is 4.90 Å². The monoisotopic (exact) mass is 259 g/mol. The van der Waals surface area contributed by atoms with Crippen LogP contribution in [0.3, 0.4) is 0 Å². The summed E-state index contributed by atoms with van der Waals surface area (Å²) in [5, 5.41) is 8.58. The van der Waals surface area contributed by atoms with Crippen LogP contribution < -0.4 is 0 Å². The number of benzene rings is 1. The predicted octanol–water partition coefficient (Wildman–Crippen LogP) is 3.16. The Morgan fingerprint density at radius 2 is 1.95 bits per heavy atom. The van der Waals surface area contributed by atoms with Gasteiger partial charge in [0.1, 0.15) is 0 Å². The lowest BCUT2D eigenvalue weighted by Crippen LogP contribution is -2.28. The first-order chi connectivity index (χ1) is 9.15. The molecule has 0 atom stereocenters. The first-order valence-corrected chi connectivity index (χ1v) is 6.85. The average molecular weight is 259 g/mol. The van der Waals surface area contributed by atoms with E-state index >= 15 is 0 Å². The molecule has 1 aliphatic rings. The summed E-state index contributed by atoms with van der Waals surface area (Å²) in [6.07, 6.45) is 8.13. The fourth-order valence-electron chi connectivity index (χ4n) is 2.66. The van der Waals surface area contributed by atoms with Crippen LogP contribution in [0, 0.1) is 0 Å². The number of carbonyl (C=O) groups is 1. The molecule has 0 saturated heterocycles. The summed E-state index contributed by atoms with van der Waals surface area (Å²) in [7, 11) is 2.19. The molecule has 0 heterocycles. The second kappa shape index (κ2) is 6.53. The summed E-state index contributed by atoms with van der Waals surface area (Å²) >= 11 is 0. The largest absolute Gasteiger partial charge is 0.478 e. The highest BCUT2D eigenvalue weighted by molar-refractivity contribution is 5.85. The average Bonchev–Trinajstić information content (AvgIpc) is 2.92. The molecule has 1 aromatic carbocycles. The van der Waals surface area contributed by atoms with Crippen molar-refractivity contribution in [1.29, 1.82) is 0 Å². The van der Waals surface area contributed by atoms with Gasteiger partial charge in [-0.05, 0) is 37.1 Å². The zero-order valence-corrected chi connectivity index (χ0v) is 11.4. The molecule has 3 heteroatoms. The third-order valence-corrected chi connectivity index (χ3v) is 3.78. The SMILES string of the molecule is CN(Cc1ccc(/C=C/C(=O)O)cc1)C1CCCC1. The normalized spacial score (nSPS) is 16.5. The van der Waals surface area contributed by atoms with Crippen molar-refractivity contribution < 1.29 is 9.90 Å². The molecule has 0 bridgehead atoms. The molecule has 3 nitrogen and oxygen atoms in total. The first kappa shape index (κ1) is 13.8. The van der Waals surface area contributed by atoms with E-state index < -0.39 is 5.97 Å². The highest BCUT2D eigenvalue weighted by Crippen LogP contribution is 2.23.